The van der Waals surface area contributed by atoms with Crippen molar-refractivity contribution in [3.05, 3.63) is 34.5 Å². The lowest BCUT2D eigenvalue weighted by molar-refractivity contribution is -0.384. The van der Waals surface area contributed by atoms with Gasteiger partial charge in [-0.15, -0.1) is 0 Å². The van der Waals surface area contributed by atoms with E-state index >= 15 is 0 Å². The Hall–Kier alpha value is -1.95. The number of hydrogen-bond donors (Lipinski definition) is 0. The first kappa shape index (κ1) is 12.1. The van der Waals surface area contributed by atoms with Gasteiger partial charge in [0, 0.05) is 24.1 Å². The van der Waals surface area contributed by atoms with Crippen molar-refractivity contribution in [2.75, 3.05) is 19.6 Å². The van der Waals surface area contributed by atoms with Crippen LogP contribution in [0, 0.1) is 10.1 Å². The van der Waals surface area contributed by atoms with Crippen molar-refractivity contribution in [1.29, 1.82) is 0 Å². The van der Waals surface area contributed by atoms with Gasteiger partial charge < -0.3 is 4.90 Å². The molecule has 1 saturated heterocycles. The molecule has 0 amide bonds. The largest absolute Gasteiger partial charge is 0.301 e. The van der Waals surface area contributed by atoms with Crippen LogP contribution in [0.25, 0.3) is 10.9 Å². The molecule has 1 fully saturated rings. The summed E-state index contributed by atoms with van der Waals surface area (Å²) >= 11 is 0. The smallest absolute Gasteiger partial charge is 0.270 e. The maximum Gasteiger partial charge on any atom is 0.270 e. The second-order valence-corrected chi connectivity index (χ2v) is 4.92. The molecule has 0 spiro atoms. The van der Waals surface area contributed by atoms with Crippen molar-refractivity contribution in [3.63, 3.8) is 0 Å². The lowest BCUT2D eigenvalue weighted by atomic mass is 10.2. The summed E-state index contributed by atoms with van der Waals surface area (Å²) in [5, 5.41) is 15.9. The van der Waals surface area contributed by atoms with Gasteiger partial charge in [0.1, 0.15) is 0 Å². The Labute approximate surface area is 110 Å². The molecule has 0 radical (unpaired) electrons. The number of likely N-dealkylation sites (tertiary alicyclic amines) is 1. The molecule has 6 nitrogen and oxygen atoms in total. The first-order chi connectivity index (χ1) is 9.24. The van der Waals surface area contributed by atoms with E-state index in [1.54, 1.807) is 18.3 Å². The fourth-order valence-corrected chi connectivity index (χ4v) is 2.61. The van der Waals surface area contributed by atoms with Gasteiger partial charge in [-0.05, 0) is 32.0 Å². The molecule has 0 bridgehead atoms. The van der Waals surface area contributed by atoms with Gasteiger partial charge in [-0.3, -0.25) is 14.8 Å². The summed E-state index contributed by atoms with van der Waals surface area (Å²) in [5.41, 5.74) is 1.08. The molecule has 2 aromatic rings. The van der Waals surface area contributed by atoms with E-state index in [0.717, 1.165) is 24.0 Å². The summed E-state index contributed by atoms with van der Waals surface area (Å²) in [5.74, 6) is 0. The van der Waals surface area contributed by atoms with E-state index in [2.05, 4.69) is 10.00 Å². The minimum Gasteiger partial charge on any atom is -0.301 e. The maximum atomic E-state index is 10.7. The fourth-order valence-electron chi connectivity index (χ4n) is 2.61. The molecule has 1 aliphatic rings. The number of nitro groups is 1. The predicted molar refractivity (Wildman–Crippen MR) is 72.1 cm³/mol. The third-order valence-corrected chi connectivity index (χ3v) is 3.66. The van der Waals surface area contributed by atoms with Crippen LogP contribution >= 0.6 is 0 Å². The van der Waals surface area contributed by atoms with E-state index < -0.39 is 0 Å². The van der Waals surface area contributed by atoms with Crippen LogP contribution in [0.15, 0.2) is 24.4 Å². The van der Waals surface area contributed by atoms with Gasteiger partial charge in [-0.25, -0.2) is 0 Å². The van der Waals surface area contributed by atoms with Crippen molar-refractivity contribution >= 4 is 16.6 Å². The Morgan fingerprint density at radius 1 is 1.26 bits per heavy atom. The molecule has 0 N–H and O–H groups in total. The molecule has 1 aromatic carbocycles. The molecule has 3 rings (SSSR count). The van der Waals surface area contributed by atoms with Crippen molar-refractivity contribution in [1.82, 2.24) is 14.7 Å². The quantitative estimate of drug-likeness (QED) is 0.623. The van der Waals surface area contributed by atoms with Crippen LogP contribution in [-0.2, 0) is 6.54 Å². The van der Waals surface area contributed by atoms with Crippen LogP contribution < -0.4 is 0 Å². The normalized spacial score (nSPS) is 16.2. The van der Waals surface area contributed by atoms with Gasteiger partial charge in [0.05, 0.1) is 23.2 Å². The minimum absolute atomic E-state index is 0.117. The standard InChI is InChI=1S/C13H16N4O2/c18-17(19)12-3-4-13-11(9-12)10-14-16(13)8-7-15-5-1-2-6-15/h3-4,9-10H,1-2,5-8H2. The monoisotopic (exact) mass is 260 g/mol. The lowest BCUT2D eigenvalue weighted by Crippen LogP contribution is -2.24. The highest BCUT2D eigenvalue weighted by Crippen LogP contribution is 2.20. The van der Waals surface area contributed by atoms with Crippen molar-refractivity contribution in [3.8, 4) is 0 Å². The number of nitro benzene ring substituents is 1. The number of benzene rings is 1. The summed E-state index contributed by atoms with van der Waals surface area (Å²) in [6.07, 6.45) is 4.27. The predicted octanol–water partition coefficient (Wildman–Crippen LogP) is 2.04. The van der Waals surface area contributed by atoms with Gasteiger partial charge in [0.15, 0.2) is 0 Å². The van der Waals surface area contributed by atoms with Gasteiger partial charge >= 0.3 is 0 Å². The third-order valence-electron chi connectivity index (χ3n) is 3.66. The molecule has 100 valence electrons. The highest BCUT2D eigenvalue weighted by atomic mass is 16.6. The lowest BCUT2D eigenvalue weighted by Gasteiger charge is -2.14. The van der Waals surface area contributed by atoms with Crippen LogP contribution in [0.2, 0.25) is 0 Å². The average Bonchev–Trinajstić information content (AvgIpc) is 3.05. The molecule has 2 heterocycles. The Morgan fingerprint density at radius 3 is 2.79 bits per heavy atom. The Balaban J connectivity index is 1.78. The zero-order chi connectivity index (χ0) is 13.2. The van der Waals surface area contributed by atoms with Crippen LogP contribution in [-0.4, -0.2) is 39.2 Å². The molecular weight excluding hydrogens is 244 g/mol. The Bertz CT molecular complexity index is 602. The first-order valence-electron chi connectivity index (χ1n) is 6.56. The topological polar surface area (TPSA) is 64.2 Å². The van der Waals surface area contributed by atoms with Crippen molar-refractivity contribution in [2.45, 2.75) is 19.4 Å². The molecule has 1 aliphatic heterocycles. The number of nitrogens with zero attached hydrogens (tertiary/aromatic N) is 4. The molecule has 0 atom stereocenters. The summed E-state index contributed by atoms with van der Waals surface area (Å²) in [4.78, 5) is 12.8. The number of hydrogen-bond acceptors (Lipinski definition) is 4. The Morgan fingerprint density at radius 2 is 2.05 bits per heavy atom. The Kier molecular flexibility index (Phi) is 3.16. The van der Waals surface area contributed by atoms with E-state index in [-0.39, 0.29) is 10.6 Å². The highest BCUT2D eigenvalue weighted by molar-refractivity contribution is 5.81. The van der Waals surface area contributed by atoms with Gasteiger partial charge in [0.2, 0.25) is 0 Å². The van der Waals surface area contributed by atoms with E-state index in [1.165, 1.54) is 32.0 Å². The molecule has 1 aromatic heterocycles. The fraction of sp³-hybridized carbons (Fsp3) is 0.462. The number of rotatable bonds is 4. The molecule has 0 saturated carbocycles. The maximum absolute atomic E-state index is 10.7. The van der Waals surface area contributed by atoms with Crippen LogP contribution in [0.3, 0.4) is 0 Å². The zero-order valence-corrected chi connectivity index (χ0v) is 10.7. The van der Waals surface area contributed by atoms with E-state index in [4.69, 9.17) is 0 Å². The summed E-state index contributed by atoms with van der Waals surface area (Å²) in [7, 11) is 0. The van der Waals surface area contributed by atoms with Gasteiger partial charge in [-0.2, -0.15) is 5.10 Å². The van der Waals surface area contributed by atoms with Gasteiger partial charge in [-0.1, -0.05) is 0 Å². The highest BCUT2D eigenvalue weighted by Gasteiger charge is 2.13. The third kappa shape index (κ3) is 2.44. The van der Waals surface area contributed by atoms with Crippen LogP contribution in [0.5, 0.6) is 0 Å². The minimum atomic E-state index is -0.374. The van der Waals surface area contributed by atoms with Crippen molar-refractivity contribution < 1.29 is 4.92 Å². The molecule has 0 unspecified atom stereocenters. The molecule has 0 aliphatic carbocycles. The number of aromatic nitrogens is 2. The first-order valence-corrected chi connectivity index (χ1v) is 6.56. The zero-order valence-electron chi connectivity index (χ0n) is 10.7. The summed E-state index contributed by atoms with van der Waals surface area (Å²) in [6, 6.07) is 4.90. The number of fused-ring (bicyclic) bond motifs is 1. The second kappa shape index (κ2) is 4.97. The van der Waals surface area contributed by atoms with Gasteiger partial charge in [0.25, 0.3) is 5.69 Å². The average molecular weight is 260 g/mol. The van der Waals surface area contributed by atoms with E-state index in [1.807, 2.05) is 4.68 Å². The molecule has 6 heteroatoms. The number of non-ortho nitro benzene ring substituents is 1. The molecule has 19 heavy (non-hydrogen) atoms. The van der Waals surface area contributed by atoms with Crippen LogP contribution in [0.1, 0.15) is 12.8 Å². The second-order valence-electron chi connectivity index (χ2n) is 4.92. The summed E-state index contributed by atoms with van der Waals surface area (Å²) < 4.78 is 1.93. The van der Waals surface area contributed by atoms with Crippen molar-refractivity contribution in [2.24, 2.45) is 0 Å². The van der Waals surface area contributed by atoms with Crippen LogP contribution in [0.4, 0.5) is 5.69 Å². The van der Waals surface area contributed by atoms with E-state index in [9.17, 15) is 10.1 Å². The molecular formula is C13H16N4O2. The van der Waals surface area contributed by atoms with E-state index in [0.29, 0.717) is 0 Å². The SMILES string of the molecule is O=[N+]([O-])c1ccc2c(cnn2CCN2CCCC2)c1. The summed E-state index contributed by atoms with van der Waals surface area (Å²) in [6.45, 7) is 4.17.